The second kappa shape index (κ2) is 9.30. The fourth-order valence-electron chi connectivity index (χ4n) is 4.71. The lowest BCUT2D eigenvalue weighted by molar-refractivity contribution is -0.132. The summed E-state index contributed by atoms with van der Waals surface area (Å²) in [7, 11) is 0. The Morgan fingerprint density at radius 2 is 1.69 bits per heavy atom. The van der Waals surface area contributed by atoms with Gasteiger partial charge in [0.2, 0.25) is 11.7 Å². The molecule has 8 heteroatoms. The van der Waals surface area contributed by atoms with Crippen molar-refractivity contribution < 1.29 is 9.32 Å². The van der Waals surface area contributed by atoms with E-state index in [4.69, 9.17) is 9.62 Å². The first-order valence-corrected chi connectivity index (χ1v) is 12.1. The summed E-state index contributed by atoms with van der Waals surface area (Å²) in [6, 6.07) is 26.1. The highest BCUT2D eigenvalue weighted by Crippen LogP contribution is 2.29. The van der Waals surface area contributed by atoms with E-state index in [1.165, 1.54) is 5.69 Å². The van der Waals surface area contributed by atoms with Gasteiger partial charge in [0.15, 0.2) is 5.69 Å². The lowest BCUT2D eigenvalue weighted by atomic mass is 10.1. The van der Waals surface area contributed by atoms with Crippen LogP contribution in [0, 0.1) is 6.92 Å². The largest absolute Gasteiger partial charge is 0.368 e. The van der Waals surface area contributed by atoms with Crippen LogP contribution in [0.4, 0.5) is 5.69 Å². The van der Waals surface area contributed by atoms with Gasteiger partial charge in [-0.2, -0.15) is 10.1 Å². The zero-order chi connectivity index (χ0) is 24.5. The third kappa shape index (κ3) is 4.22. The number of para-hydroxylation sites is 2. The number of hydrogen-bond acceptors (Lipinski definition) is 6. The minimum atomic E-state index is 0.0495. The van der Waals surface area contributed by atoms with Gasteiger partial charge in [0, 0.05) is 42.8 Å². The molecule has 0 bridgehead atoms. The van der Waals surface area contributed by atoms with Gasteiger partial charge in [-0.1, -0.05) is 65.3 Å². The van der Waals surface area contributed by atoms with Crippen molar-refractivity contribution in [1.82, 2.24) is 24.8 Å². The SMILES string of the molecule is Cc1cccc(-c2noc(-c3nn(CC(=O)N4CCN(c5ccccc5)CC4)c4ccccc34)n2)c1. The van der Waals surface area contributed by atoms with Crippen LogP contribution in [-0.4, -0.2) is 56.9 Å². The summed E-state index contributed by atoms with van der Waals surface area (Å²) in [5.74, 6) is 0.901. The van der Waals surface area contributed by atoms with Crippen LogP contribution in [0.5, 0.6) is 0 Å². The van der Waals surface area contributed by atoms with Crippen LogP contribution >= 0.6 is 0 Å². The molecular formula is C28H26N6O2. The molecule has 0 unspecified atom stereocenters. The number of aromatic nitrogens is 4. The molecule has 3 heterocycles. The highest BCUT2D eigenvalue weighted by Gasteiger charge is 2.24. The summed E-state index contributed by atoms with van der Waals surface area (Å²) >= 11 is 0. The highest BCUT2D eigenvalue weighted by molar-refractivity contribution is 5.92. The second-order valence-electron chi connectivity index (χ2n) is 9.02. The van der Waals surface area contributed by atoms with E-state index in [0.717, 1.165) is 35.1 Å². The molecular weight excluding hydrogens is 452 g/mol. The van der Waals surface area contributed by atoms with Gasteiger partial charge < -0.3 is 14.3 Å². The molecule has 1 saturated heterocycles. The number of rotatable bonds is 5. The van der Waals surface area contributed by atoms with Crippen molar-refractivity contribution in [2.75, 3.05) is 31.1 Å². The molecule has 1 aliphatic rings. The molecule has 36 heavy (non-hydrogen) atoms. The molecule has 1 amide bonds. The maximum Gasteiger partial charge on any atom is 0.279 e. The van der Waals surface area contributed by atoms with E-state index in [2.05, 4.69) is 27.2 Å². The molecule has 1 aliphatic heterocycles. The third-order valence-electron chi connectivity index (χ3n) is 6.60. The standard InChI is InChI=1S/C28H26N6O2/c1-20-8-7-9-21(18-20)27-29-28(36-31-27)26-23-12-5-6-13-24(23)34(30-26)19-25(35)33-16-14-32(15-17-33)22-10-3-2-4-11-22/h2-13,18H,14-17,19H2,1H3. The number of anilines is 1. The third-order valence-corrected chi connectivity index (χ3v) is 6.60. The van der Waals surface area contributed by atoms with Gasteiger partial charge in [0.05, 0.1) is 5.52 Å². The van der Waals surface area contributed by atoms with Crippen molar-refractivity contribution >= 4 is 22.5 Å². The van der Waals surface area contributed by atoms with Crippen molar-refractivity contribution in [2.24, 2.45) is 0 Å². The van der Waals surface area contributed by atoms with Gasteiger partial charge in [-0.3, -0.25) is 9.48 Å². The molecule has 0 atom stereocenters. The Bertz CT molecular complexity index is 1520. The summed E-state index contributed by atoms with van der Waals surface area (Å²) in [6.45, 7) is 5.17. The normalized spacial score (nSPS) is 13.9. The van der Waals surface area contributed by atoms with Crippen LogP contribution in [0.25, 0.3) is 33.9 Å². The number of fused-ring (bicyclic) bond motifs is 1. The minimum Gasteiger partial charge on any atom is -0.368 e. The molecule has 6 rings (SSSR count). The molecule has 8 nitrogen and oxygen atoms in total. The van der Waals surface area contributed by atoms with Crippen LogP contribution in [0.1, 0.15) is 5.56 Å². The molecule has 1 fully saturated rings. The Labute approximate surface area is 208 Å². The van der Waals surface area contributed by atoms with Crippen LogP contribution < -0.4 is 4.90 Å². The summed E-state index contributed by atoms with van der Waals surface area (Å²) in [5, 5.41) is 9.79. The van der Waals surface area contributed by atoms with E-state index in [1.807, 2.05) is 78.6 Å². The van der Waals surface area contributed by atoms with Gasteiger partial charge in [-0.25, -0.2) is 0 Å². The zero-order valence-electron chi connectivity index (χ0n) is 20.0. The molecule has 0 N–H and O–H groups in total. The van der Waals surface area contributed by atoms with Gasteiger partial charge in [0.25, 0.3) is 5.89 Å². The number of carbonyl (C=O) groups is 1. The number of carbonyl (C=O) groups excluding carboxylic acids is 1. The van der Waals surface area contributed by atoms with Crippen molar-refractivity contribution in [3.05, 3.63) is 84.4 Å². The summed E-state index contributed by atoms with van der Waals surface area (Å²) < 4.78 is 7.35. The Balaban J connectivity index is 1.22. The molecule has 2 aromatic heterocycles. The highest BCUT2D eigenvalue weighted by atomic mass is 16.5. The number of piperazine rings is 1. The molecule has 180 valence electrons. The predicted molar refractivity (Wildman–Crippen MR) is 138 cm³/mol. The van der Waals surface area contributed by atoms with Crippen LogP contribution in [0.3, 0.4) is 0 Å². The van der Waals surface area contributed by atoms with Crippen molar-refractivity contribution in [2.45, 2.75) is 13.5 Å². The van der Waals surface area contributed by atoms with E-state index in [0.29, 0.717) is 30.5 Å². The second-order valence-corrected chi connectivity index (χ2v) is 9.02. The van der Waals surface area contributed by atoms with E-state index in [9.17, 15) is 4.79 Å². The molecule has 0 aliphatic carbocycles. The van der Waals surface area contributed by atoms with Gasteiger partial charge in [0.1, 0.15) is 6.54 Å². The molecule has 5 aromatic rings. The molecule has 0 radical (unpaired) electrons. The number of amides is 1. The Hall–Kier alpha value is -4.46. The lowest BCUT2D eigenvalue weighted by Crippen LogP contribution is -2.49. The average Bonchev–Trinajstić information content (AvgIpc) is 3.55. The van der Waals surface area contributed by atoms with Gasteiger partial charge in [-0.05, 0) is 31.2 Å². The fraction of sp³-hybridized carbons (Fsp3) is 0.214. The first kappa shape index (κ1) is 22.0. The topological polar surface area (TPSA) is 80.3 Å². The van der Waals surface area contributed by atoms with Crippen LogP contribution in [0.2, 0.25) is 0 Å². The minimum absolute atomic E-state index is 0.0495. The van der Waals surface area contributed by atoms with Crippen LogP contribution in [0.15, 0.2) is 83.4 Å². The van der Waals surface area contributed by atoms with Crippen molar-refractivity contribution in [3.63, 3.8) is 0 Å². The summed E-state index contributed by atoms with van der Waals surface area (Å²) in [5.41, 5.74) is 4.64. The van der Waals surface area contributed by atoms with E-state index in [1.54, 1.807) is 4.68 Å². The maximum absolute atomic E-state index is 13.2. The number of aryl methyl sites for hydroxylation is 1. The van der Waals surface area contributed by atoms with Crippen LogP contribution in [-0.2, 0) is 11.3 Å². The van der Waals surface area contributed by atoms with Crippen molar-refractivity contribution in [3.8, 4) is 23.0 Å². The van der Waals surface area contributed by atoms with Gasteiger partial charge >= 0.3 is 0 Å². The smallest absolute Gasteiger partial charge is 0.279 e. The lowest BCUT2D eigenvalue weighted by Gasteiger charge is -2.36. The Morgan fingerprint density at radius 1 is 0.917 bits per heavy atom. The summed E-state index contributed by atoms with van der Waals surface area (Å²) in [6.07, 6.45) is 0. The predicted octanol–water partition coefficient (Wildman–Crippen LogP) is 4.41. The Kier molecular flexibility index (Phi) is 5.69. The van der Waals surface area contributed by atoms with E-state index < -0.39 is 0 Å². The molecule has 3 aromatic carbocycles. The number of nitrogens with zero attached hydrogens (tertiary/aromatic N) is 6. The molecule has 0 saturated carbocycles. The number of benzene rings is 3. The monoisotopic (exact) mass is 478 g/mol. The summed E-state index contributed by atoms with van der Waals surface area (Å²) in [4.78, 5) is 22.1. The average molecular weight is 479 g/mol. The first-order valence-electron chi connectivity index (χ1n) is 12.1. The number of hydrogen-bond donors (Lipinski definition) is 0. The fourth-order valence-corrected chi connectivity index (χ4v) is 4.71. The van der Waals surface area contributed by atoms with E-state index in [-0.39, 0.29) is 12.5 Å². The zero-order valence-corrected chi connectivity index (χ0v) is 20.0. The Morgan fingerprint density at radius 3 is 2.50 bits per heavy atom. The van der Waals surface area contributed by atoms with Crippen molar-refractivity contribution in [1.29, 1.82) is 0 Å². The quantitative estimate of drug-likeness (QED) is 0.372. The molecule has 0 spiro atoms. The maximum atomic E-state index is 13.2. The first-order chi connectivity index (χ1) is 17.7. The van der Waals surface area contributed by atoms with E-state index >= 15 is 0 Å². The van der Waals surface area contributed by atoms with Gasteiger partial charge in [-0.15, -0.1) is 0 Å².